The van der Waals surface area contributed by atoms with Crippen molar-refractivity contribution in [3.8, 4) is 0 Å². The first-order chi connectivity index (χ1) is 10.3. The molecular weight excluding hydrogens is 280 g/mol. The van der Waals surface area contributed by atoms with Gasteiger partial charge in [0.1, 0.15) is 0 Å². The average molecular weight is 316 g/mol. The van der Waals surface area contributed by atoms with E-state index >= 15 is 0 Å². The molecule has 0 aromatic rings. The lowest BCUT2D eigenvalue weighted by molar-refractivity contribution is -0.143. The van der Waals surface area contributed by atoms with Crippen molar-refractivity contribution < 1.29 is 9.53 Å². The molecule has 0 heterocycles. The van der Waals surface area contributed by atoms with Crippen LogP contribution in [0.2, 0.25) is 0 Å². The average Bonchev–Trinajstić information content (AvgIpc) is 2.49. The fraction of sp³-hybridized carbons (Fsp3) is 0.944. The molecule has 3 heteroatoms. The van der Waals surface area contributed by atoms with Crippen molar-refractivity contribution in [3.63, 3.8) is 0 Å². The molecule has 0 unspecified atom stereocenters. The van der Waals surface area contributed by atoms with Gasteiger partial charge in [-0.05, 0) is 19.3 Å². The van der Waals surface area contributed by atoms with Crippen LogP contribution in [-0.2, 0) is 9.53 Å². The van der Waals surface area contributed by atoms with Crippen LogP contribution in [0, 0.1) is 0 Å². The van der Waals surface area contributed by atoms with Crippen LogP contribution in [-0.4, -0.2) is 18.3 Å². The van der Waals surface area contributed by atoms with Gasteiger partial charge in [0.05, 0.1) is 6.61 Å². The van der Waals surface area contributed by atoms with Crippen molar-refractivity contribution in [2.45, 2.75) is 96.8 Å². The largest absolute Gasteiger partial charge is 0.466 e. The Labute approximate surface area is 137 Å². The van der Waals surface area contributed by atoms with Crippen LogP contribution in [0.15, 0.2) is 0 Å². The summed E-state index contributed by atoms with van der Waals surface area (Å²) < 4.78 is 5.15. The standard InChI is InChI=1S/C18H35O2S/c1-2-3-4-5-6-7-8-9-10-11-12-15-18(19)20-16-13-14-17-21/h2-17H2,1H3. The molecule has 0 saturated heterocycles. The fourth-order valence-corrected chi connectivity index (χ4v) is 2.60. The molecule has 0 aromatic carbocycles. The van der Waals surface area contributed by atoms with Gasteiger partial charge in [0.15, 0.2) is 0 Å². The first kappa shape index (κ1) is 20.8. The molecule has 0 aliphatic carbocycles. The Kier molecular flexibility index (Phi) is 17.7. The predicted molar refractivity (Wildman–Crippen MR) is 93.7 cm³/mol. The zero-order chi connectivity index (χ0) is 15.6. The van der Waals surface area contributed by atoms with E-state index in [1.54, 1.807) is 0 Å². The number of carbonyl (C=O) groups is 1. The summed E-state index contributed by atoms with van der Waals surface area (Å²) >= 11 is 4.85. The van der Waals surface area contributed by atoms with Crippen LogP contribution < -0.4 is 0 Å². The monoisotopic (exact) mass is 315 g/mol. The quantitative estimate of drug-likeness (QED) is 0.250. The van der Waals surface area contributed by atoms with Crippen molar-refractivity contribution in [1.82, 2.24) is 0 Å². The molecular formula is C18H35O2S. The van der Waals surface area contributed by atoms with Crippen molar-refractivity contribution in [1.29, 1.82) is 0 Å². The van der Waals surface area contributed by atoms with Crippen LogP contribution in [0.3, 0.4) is 0 Å². The zero-order valence-corrected chi connectivity index (χ0v) is 14.9. The summed E-state index contributed by atoms with van der Waals surface area (Å²) in [6.45, 7) is 2.81. The number of hydrogen-bond donors (Lipinski definition) is 0. The maximum atomic E-state index is 11.4. The van der Waals surface area contributed by atoms with E-state index in [-0.39, 0.29) is 5.97 Å². The van der Waals surface area contributed by atoms with Crippen molar-refractivity contribution >= 4 is 18.6 Å². The van der Waals surface area contributed by atoms with Gasteiger partial charge in [-0.2, -0.15) is 0 Å². The van der Waals surface area contributed by atoms with E-state index in [2.05, 4.69) is 6.92 Å². The van der Waals surface area contributed by atoms with E-state index in [1.807, 2.05) is 0 Å². The molecule has 125 valence electrons. The summed E-state index contributed by atoms with van der Waals surface area (Å²) in [6.07, 6.45) is 16.9. The van der Waals surface area contributed by atoms with Crippen LogP contribution in [0.4, 0.5) is 0 Å². The van der Waals surface area contributed by atoms with Crippen LogP contribution in [0.25, 0.3) is 0 Å². The van der Waals surface area contributed by atoms with Gasteiger partial charge in [0.25, 0.3) is 0 Å². The van der Waals surface area contributed by atoms with Gasteiger partial charge in [0.2, 0.25) is 0 Å². The van der Waals surface area contributed by atoms with Crippen molar-refractivity contribution in [2.75, 3.05) is 12.4 Å². The highest BCUT2D eigenvalue weighted by Crippen LogP contribution is 2.12. The van der Waals surface area contributed by atoms with E-state index in [9.17, 15) is 4.79 Å². The number of unbranched alkanes of at least 4 members (excludes halogenated alkanes) is 11. The molecule has 21 heavy (non-hydrogen) atoms. The third kappa shape index (κ3) is 17.8. The lowest BCUT2D eigenvalue weighted by Gasteiger charge is -2.04. The summed E-state index contributed by atoms with van der Waals surface area (Å²) in [4.78, 5) is 11.4. The Morgan fingerprint density at radius 1 is 0.762 bits per heavy atom. The highest BCUT2D eigenvalue weighted by molar-refractivity contribution is 7.80. The van der Waals surface area contributed by atoms with Gasteiger partial charge in [-0.25, -0.2) is 0 Å². The molecule has 0 aromatic heterocycles. The SMILES string of the molecule is CCCCCCCCCCCCCC(=O)OCCCC[S]. The third-order valence-electron chi connectivity index (χ3n) is 3.79. The second kappa shape index (κ2) is 17.9. The third-order valence-corrected chi connectivity index (χ3v) is 4.07. The number of ether oxygens (including phenoxy) is 1. The molecule has 0 spiro atoms. The topological polar surface area (TPSA) is 26.3 Å². The minimum absolute atomic E-state index is 0.0321. The van der Waals surface area contributed by atoms with E-state index in [4.69, 9.17) is 17.4 Å². The molecule has 0 amide bonds. The summed E-state index contributed by atoms with van der Waals surface area (Å²) in [5.41, 5.74) is 0. The number of carbonyl (C=O) groups excluding carboxylic acids is 1. The number of hydrogen-bond acceptors (Lipinski definition) is 2. The fourth-order valence-electron chi connectivity index (χ4n) is 2.40. The highest BCUT2D eigenvalue weighted by Gasteiger charge is 2.02. The minimum Gasteiger partial charge on any atom is -0.466 e. The van der Waals surface area contributed by atoms with Gasteiger partial charge < -0.3 is 4.74 Å². The summed E-state index contributed by atoms with van der Waals surface area (Å²) in [5, 5.41) is 0. The van der Waals surface area contributed by atoms with Crippen LogP contribution >= 0.6 is 12.6 Å². The van der Waals surface area contributed by atoms with Crippen molar-refractivity contribution in [3.05, 3.63) is 0 Å². The summed E-state index contributed by atoms with van der Waals surface area (Å²) in [5.74, 6) is 0.728. The first-order valence-electron chi connectivity index (χ1n) is 9.05. The molecule has 2 nitrogen and oxygen atoms in total. The highest BCUT2D eigenvalue weighted by atomic mass is 32.1. The molecule has 0 aliphatic heterocycles. The van der Waals surface area contributed by atoms with Gasteiger partial charge in [-0.15, -0.1) is 0 Å². The molecule has 1 radical (unpaired) electrons. The number of rotatable bonds is 16. The van der Waals surface area contributed by atoms with Gasteiger partial charge in [0, 0.05) is 12.2 Å². The maximum Gasteiger partial charge on any atom is 0.305 e. The second-order valence-electron chi connectivity index (χ2n) is 5.92. The molecule has 0 aliphatic rings. The molecule has 0 fully saturated rings. The first-order valence-corrected chi connectivity index (χ1v) is 9.62. The number of esters is 1. The van der Waals surface area contributed by atoms with E-state index in [1.165, 1.54) is 57.8 Å². The Hall–Kier alpha value is -0.180. The van der Waals surface area contributed by atoms with Crippen LogP contribution in [0.5, 0.6) is 0 Å². The lowest BCUT2D eigenvalue weighted by atomic mass is 10.1. The Morgan fingerprint density at radius 2 is 1.29 bits per heavy atom. The second-order valence-corrected chi connectivity index (χ2v) is 6.33. The van der Waals surface area contributed by atoms with E-state index in [0.29, 0.717) is 13.0 Å². The predicted octanol–water partition coefficient (Wildman–Crippen LogP) is 6.21. The normalized spacial score (nSPS) is 10.8. The Morgan fingerprint density at radius 3 is 1.81 bits per heavy atom. The Balaban J connectivity index is 3.09. The van der Waals surface area contributed by atoms with E-state index in [0.717, 1.165) is 31.4 Å². The molecule has 0 N–H and O–H groups in total. The molecule has 0 rings (SSSR count). The van der Waals surface area contributed by atoms with Gasteiger partial charge in [-0.1, -0.05) is 83.8 Å². The summed E-state index contributed by atoms with van der Waals surface area (Å²) in [7, 11) is 0. The van der Waals surface area contributed by atoms with Crippen molar-refractivity contribution in [2.24, 2.45) is 0 Å². The molecule has 0 atom stereocenters. The van der Waals surface area contributed by atoms with Gasteiger partial charge >= 0.3 is 5.97 Å². The van der Waals surface area contributed by atoms with Crippen LogP contribution in [0.1, 0.15) is 96.8 Å². The summed E-state index contributed by atoms with van der Waals surface area (Å²) in [6, 6.07) is 0. The molecule has 0 saturated carbocycles. The molecule has 0 bridgehead atoms. The Bertz CT molecular complexity index is 219. The van der Waals surface area contributed by atoms with Gasteiger partial charge in [-0.3, -0.25) is 4.79 Å². The maximum absolute atomic E-state index is 11.4. The lowest BCUT2D eigenvalue weighted by Crippen LogP contribution is -2.05. The zero-order valence-electron chi connectivity index (χ0n) is 14.0. The minimum atomic E-state index is -0.0321. The van der Waals surface area contributed by atoms with E-state index < -0.39 is 0 Å². The smallest absolute Gasteiger partial charge is 0.305 e.